The van der Waals surface area contributed by atoms with Crippen molar-refractivity contribution in [3.63, 3.8) is 0 Å². The molecule has 0 aliphatic rings. The maximum atomic E-state index is 14.1. The number of aliphatic hydroxyl groups is 1. The lowest BCUT2D eigenvalue weighted by atomic mass is 10.1. The van der Waals surface area contributed by atoms with Gasteiger partial charge in [-0.2, -0.15) is 9.61 Å². The molecule has 0 fully saturated rings. The molecule has 26 heavy (non-hydrogen) atoms. The first-order valence-electron chi connectivity index (χ1n) is 8.14. The van der Waals surface area contributed by atoms with Gasteiger partial charge in [0.15, 0.2) is 5.65 Å². The number of nitrogens with one attached hydrogen (secondary N) is 1. The molecule has 0 aliphatic heterocycles. The number of anilines is 1. The lowest BCUT2D eigenvalue weighted by Crippen LogP contribution is -2.15. The molecule has 3 heterocycles. The number of aromatic nitrogens is 4. The van der Waals surface area contributed by atoms with E-state index in [1.54, 1.807) is 65.6 Å². The Bertz CT molecular complexity index is 1030. The molecule has 0 saturated carbocycles. The summed E-state index contributed by atoms with van der Waals surface area (Å²) in [7, 11) is 0. The van der Waals surface area contributed by atoms with Gasteiger partial charge in [-0.15, -0.1) is 0 Å². The predicted octanol–water partition coefficient (Wildman–Crippen LogP) is 3.08. The van der Waals surface area contributed by atoms with Crippen LogP contribution in [0.5, 0.6) is 0 Å². The summed E-state index contributed by atoms with van der Waals surface area (Å²) < 4.78 is 15.8. The lowest BCUT2D eigenvalue weighted by molar-refractivity contribution is 0.191. The van der Waals surface area contributed by atoms with Crippen LogP contribution in [0.15, 0.2) is 67.1 Å². The minimum atomic E-state index is -0.714. The quantitative estimate of drug-likeness (QED) is 0.579. The van der Waals surface area contributed by atoms with Crippen LogP contribution >= 0.6 is 0 Å². The van der Waals surface area contributed by atoms with Gasteiger partial charge >= 0.3 is 0 Å². The molecular formula is C19H16FN5O. The highest BCUT2D eigenvalue weighted by atomic mass is 19.1. The number of fused-ring (bicyclic) bond motifs is 1. The number of rotatable bonds is 5. The third-order valence-corrected chi connectivity index (χ3v) is 4.08. The molecule has 4 aromatic rings. The van der Waals surface area contributed by atoms with E-state index in [1.165, 1.54) is 6.07 Å². The first-order valence-corrected chi connectivity index (χ1v) is 8.14. The van der Waals surface area contributed by atoms with Crippen LogP contribution in [0.25, 0.3) is 16.9 Å². The molecule has 1 atom stereocenters. The van der Waals surface area contributed by atoms with E-state index in [-0.39, 0.29) is 12.4 Å². The largest absolute Gasteiger partial charge is 0.387 e. The summed E-state index contributed by atoms with van der Waals surface area (Å²) in [5.74, 6) is 0.276. The van der Waals surface area contributed by atoms with E-state index >= 15 is 0 Å². The van der Waals surface area contributed by atoms with E-state index < -0.39 is 6.10 Å². The summed E-state index contributed by atoms with van der Waals surface area (Å²) in [5.41, 5.74) is 2.25. The highest BCUT2D eigenvalue weighted by Gasteiger charge is 2.13. The van der Waals surface area contributed by atoms with Crippen molar-refractivity contribution in [3.05, 3.63) is 78.5 Å². The fourth-order valence-corrected chi connectivity index (χ4v) is 2.75. The van der Waals surface area contributed by atoms with Crippen molar-refractivity contribution in [1.82, 2.24) is 19.6 Å². The van der Waals surface area contributed by atoms with Gasteiger partial charge in [0.05, 0.1) is 18.0 Å². The molecule has 7 heteroatoms. The van der Waals surface area contributed by atoms with Crippen LogP contribution in [-0.2, 0) is 0 Å². The first-order chi connectivity index (χ1) is 12.7. The van der Waals surface area contributed by atoms with E-state index in [0.717, 1.165) is 5.56 Å². The zero-order chi connectivity index (χ0) is 17.9. The Kier molecular flexibility index (Phi) is 4.28. The highest BCUT2D eigenvalue weighted by Crippen LogP contribution is 2.25. The number of aliphatic hydroxyl groups excluding tert-OH is 1. The zero-order valence-corrected chi connectivity index (χ0v) is 13.7. The van der Waals surface area contributed by atoms with Crippen molar-refractivity contribution >= 4 is 11.5 Å². The number of halogens is 1. The van der Waals surface area contributed by atoms with Crippen molar-refractivity contribution in [1.29, 1.82) is 0 Å². The van der Waals surface area contributed by atoms with Gasteiger partial charge in [-0.1, -0.05) is 12.1 Å². The maximum Gasteiger partial charge on any atom is 0.157 e. The molecule has 2 N–H and O–H groups in total. The number of hydrogen-bond donors (Lipinski definition) is 2. The minimum Gasteiger partial charge on any atom is -0.387 e. The first kappa shape index (κ1) is 16.2. The van der Waals surface area contributed by atoms with Crippen molar-refractivity contribution in [3.8, 4) is 11.3 Å². The molecule has 3 aromatic heterocycles. The van der Waals surface area contributed by atoms with Gasteiger partial charge in [-0.25, -0.2) is 9.37 Å². The minimum absolute atomic E-state index is 0.264. The van der Waals surface area contributed by atoms with Gasteiger partial charge < -0.3 is 10.4 Å². The molecule has 130 valence electrons. The van der Waals surface area contributed by atoms with Crippen molar-refractivity contribution in [2.24, 2.45) is 0 Å². The van der Waals surface area contributed by atoms with Crippen molar-refractivity contribution in [2.45, 2.75) is 6.10 Å². The second-order valence-corrected chi connectivity index (χ2v) is 5.78. The molecule has 0 bridgehead atoms. The molecule has 1 aromatic carbocycles. The Labute approximate surface area is 149 Å². The maximum absolute atomic E-state index is 14.1. The molecule has 0 saturated heterocycles. The summed E-state index contributed by atoms with van der Waals surface area (Å²) >= 11 is 0. The number of benzene rings is 1. The Hall–Kier alpha value is -3.32. The Morgan fingerprint density at radius 1 is 1.08 bits per heavy atom. The summed E-state index contributed by atoms with van der Waals surface area (Å²) in [4.78, 5) is 8.41. The molecule has 4 rings (SSSR count). The van der Waals surface area contributed by atoms with Crippen LogP contribution in [0, 0.1) is 5.82 Å². The average molecular weight is 349 g/mol. The van der Waals surface area contributed by atoms with Crippen LogP contribution in [0.2, 0.25) is 0 Å². The standard InChI is InChI=1S/C19H16FN5O/c20-15-4-2-1-3-14(15)16-11-19(25-18(24-16)7-10-23-25)22-12-17(26)13-5-8-21-9-6-13/h1-11,17,22,26H,12H2/t17-/m0/s1. The normalized spacial score (nSPS) is 12.2. The highest BCUT2D eigenvalue weighted by molar-refractivity contribution is 5.66. The lowest BCUT2D eigenvalue weighted by Gasteiger charge is -2.15. The third kappa shape index (κ3) is 3.12. The van der Waals surface area contributed by atoms with E-state index in [2.05, 4.69) is 20.4 Å². The molecule has 6 nitrogen and oxygen atoms in total. The summed E-state index contributed by atoms with van der Waals surface area (Å²) in [6.45, 7) is 0.264. The number of hydrogen-bond acceptors (Lipinski definition) is 5. The summed E-state index contributed by atoms with van der Waals surface area (Å²) in [6.07, 6.45) is 4.17. The van der Waals surface area contributed by atoms with E-state index in [9.17, 15) is 9.50 Å². The van der Waals surface area contributed by atoms with E-state index in [1.807, 2.05) is 0 Å². The van der Waals surface area contributed by atoms with Gasteiger partial charge in [0.1, 0.15) is 11.6 Å². The monoisotopic (exact) mass is 349 g/mol. The average Bonchev–Trinajstić information content (AvgIpc) is 3.15. The SMILES string of the molecule is O[C@@H](CNc1cc(-c2ccccc2F)nc2ccnn12)c1ccncc1. The molecule has 0 aliphatic carbocycles. The molecule has 0 radical (unpaired) electrons. The van der Waals surface area contributed by atoms with Gasteiger partial charge in [0, 0.05) is 36.6 Å². The van der Waals surface area contributed by atoms with Gasteiger partial charge in [-0.05, 0) is 29.8 Å². The van der Waals surface area contributed by atoms with Crippen LogP contribution in [0.1, 0.15) is 11.7 Å². The zero-order valence-electron chi connectivity index (χ0n) is 13.7. The van der Waals surface area contributed by atoms with Crippen molar-refractivity contribution < 1.29 is 9.50 Å². The third-order valence-electron chi connectivity index (χ3n) is 4.08. The van der Waals surface area contributed by atoms with Crippen LogP contribution in [0.4, 0.5) is 10.2 Å². The van der Waals surface area contributed by atoms with Crippen LogP contribution in [0.3, 0.4) is 0 Å². The topological polar surface area (TPSA) is 75.3 Å². The van der Waals surface area contributed by atoms with Crippen molar-refractivity contribution in [2.75, 3.05) is 11.9 Å². The summed E-state index contributed by atoms with van der Waals surface area (Å²) in [6, 6.07) is 13.5. The van der Waals surface area contributed by atoms with Gasteiger partial charge in [0.25, 0.3) is 0 Å². The van der Waals surface area contributed by atoms with Gasteiger partial charge in [-0.3, -0.25) is 4.98 Å². The molecule has 0 unspecified atom stereocenters. The van der Waals surface area contributed by atoms with Gasteiger partial charge in [0.2, 0.25) is 0 Å². The molecule has 0 spiro atoms. The summed E-state index contributed by atoms with van der Waals surface area (Å²) in [5, 5.41) is 17.7. The van der Waals surface area contributed by atoms with E-state index in [0.29, 0.717) is 22.7 Å². The number of nitrogens with zero attached hydrogens (tertiary/aromatic N) is 4. The Morgan fingerprint density at radius 2 is 1.88 bits per heavy atom. The van der Waals surface area contributed by atoms with Crippen LogP contribution in [-0.4, -0.2) is 31.2 Å². The molecule has 0 amide bonds. The second-order valence-electron chi connectivity index (χ2n) is 5.78. The smallest absolute Gasteiger partial charge is 0.157 e. The van der Waals surface area contributed by atoms with Crippen LogP contribution < -0.4 is 5.32 Å². The predicted molar refractivity (Wildman–Crippen MR) is 96.1 cm³/mol. The second kappa shape index (κ2) is 6.89. The fourth-order valence-electron chi connectivity index (χ4n) is 2.75. The molecular weight excluding hydrogens is 333 g/mol. The Morgan fingerprint density at radius 3 is 2.69 bits per heavy atom. The fraction of sp³-hybridized carbons (Fsp3) is 0.105. The Balaban J connectivity index is 1.66. The van der Waals surface area contributed by atoms with E-state index in [4.69, 9.17) is 0 Å². The number of pyridine rings is 1.